The lowest BCUT2D eigenvalue weighted by atomic mass is 9.89. The van der Waals surface area contributed by atoms with Crippen LogP contribution in [0.1, 0.15) is 26.7 Å². The van der Waals surface area contributed by atoms with Crippen molar-refractivity contribution in [3.05, 3.63) is 0 Å². The summed E-state index contributed by atoms with van der Waals surface area (Å²) in [5.74, 6) is 1.44. The summed E-state index contributed by atoms with van der Waals surface area (Å²) in [5.41, 5.74) is 0. The Kier molecular flexibility index (Phi) is 5.89. The van der Waals surface area contributed by atoms with Crippen LogP contribution in [0.2, 0.25) is 0 Å². The third-order valence-corrected chi connectivity index (χ3v) is 5.21. The van der Waals surface area contributed by atoms with Crippen molar-refractivity contribution < 1.29 is 13.2 Å². The van der Waals surface area contributed by atoms with E-state index in [4.69, 9.17) is 4.74 Å². The number of methoxy groups -OCH3 is 1. The third-order valence-electron chi connectivity index (χ3n) is 3.42. The molecule has 0 aliphatic carbocycles. The summed E-state index contributed by atoms with van der Waals surface area (Å²) < 4.78 is 28.1. The zero-order valence-electron chi connectivity index (χ0n) is 11.1. The fourth-order valence-corrected chi connectivity index (χ4v) is 4.28. The molecule has 0 radical (unpaired) electrons. The minimum absolute atomic E-state index is 0.307. The van der Waals surface area contributed by atoms with Crippen molar-refractivity contribution in [1.29, 1.82) is 0 Å². The summed E-state index contributed by atoms with van der Waals surface area (Å²) in [4.78, 5) is 0. The van der Waals surface area contributed by atoms with Crippen LogP contribution in [0.3, 0.4) is 0 Å². The van der Waals surface area contributed by atoms with Gasteiger partial charge in [0.05, 0.1) is 11.5 Å². The van der Waals surface area contributed by atoms with Gasteiger partial charge in [-0.2, -0.15) is 0 Å². The Morgan fingerprint density at radius 3 is 2.59 bits per heavy atom. The lowest BCUT2D eigenvalue weighted by molar-refractivity contribution is 0.161. The van der Waals surface area contributed by atoms with E-state index in [0.29, 0.717) is 36.0 Å². The van der Waals surface area contributed by atoms with Gasteiger partial charge in [-0.1, -0.05) is 13.8 Å². The Hall–Kier alpha value is -0.130. The molecule has 17 heavy (non-hydrogen) atoms. The highest BCUT2D eigenvalue weighted by Gasteiger charge is 2.33. The molecule has 0 amide bonds. The fraction of sp³-hybridized carbons (Fsp3) is 1.00. The van der Waals surface area contributed by atoms with Gasteiger partial charge in [0.25, 0.3) is 0 Å². The van der Waals surface area contributed by atoms with Crippen molar-refractivity contribution >= 4 is 9.84 Å². The Morgan fingerprint density at radius 1 is 1.41 bits per heavy atom. The van der Waals surface area contributed by atoms with E-state index in [1.165, 1.54) is 0 Å². The van der Waals surface area contributed by atoms with Crippen LogP contribution < -0.4 is 5.32 Å². The van der Waals surface area contributed by atoms with E-state index < -0.39 is 9.84 Å². The van der Waals surface area contributed by atoms with Gasteiger partial charge >= 0.3 is 0 Å². The number of hydrogen-bond acceptors (Lipinski definition) is 4. The Labute approximate surface area is 105 Å². The Morgan fingerprint density at radius 2 is 2.12 bits per heavy atom. The predicted molar refractivity (Wildman–Crippen MR) is 69.9 cm³/mol. The molecule has 0 bridgehead atoms. The van der Waals surface area contributed by atoms with Gasteiger partial charge in [0, 0.05) is 19.8 Å². The molecule has 1 aliphatic heterocycles. The topological polar surface area (TPSA) is 55.4 Å². The molecule has 0 aromatic heterocycles. The van der Waals surface area contributed by atoms with Crippen LogP contribution in [0.5, 0.6) is 0 Å². The number of sulfone groups is 1. The zero-order valence-corrected chi connectivity index (χ0v) is 11.9. The molecule has 1 aliphatic rings. The molecular weight excluding hydrogens is 238 g/mol. The largest absolute Gasteiger partial charge is 0.385 e. The lowest BCUT2D eigenvalue weighted by Gasteiger charge is -2.24. The van der Waals surface area contributed by atoms with Gasteiger partial charge in [0.2, 0.25) is 0 Å². The van der Waals surface area contributed by atoms with E-state index >= 15 is 0 Å². The molecule has 1 N–H and O–H groups in total. The molecule has 2 atom stereocenters. The monoisotopic (exact) mass is 263 g/mol. The first-order valence-corrected chi connectivity index (χ1v) is 8.19. The molecule has 5 heteroatoms. The summed E-state index contributed by atoms with van der Waals surface area (Å²) in [5, 5.41) is 3.41. The molecule has 1 rings (SSSR count). The van der Waals surface area contributed by atoms with Crippen molar-refractivity contribution in [2.75, 3.05) is 31.8 Å². The second kappa shape index (κ2) is 6.71. The maximum Gasteiger partial charge on any atom is 0.150 e. The van der Waals surface area contributed by atoms with E-state index in [0.717, 1.165) is 19.4 Å². The first-order chi connectivity index (χ1) is 7.94. The van der Waals surface area contributed by atoms with Gasteiger partial charge in [0.1, 0.15) is 0 Å². The number of hydrogen-bond donors (Lipinski definition) is 1. The van der Waals surface area contributed by atoms with E-state index in [1.54, 1.807) is 7.11 Å². The molecule has 0 spiro atoms. The van der Waals surface area contributed by atoms with Crippen LogP contribution in [-0.4, -0.2) is 46.2 Å². The molecule has 2 unspecified atom stereocenters. The minimum Gasteiger partial charge on any atom is -0.385 e. The Balaban J connectivity index is 2.50. The van der Waals surface area contributed by atoms with Crippen molar-refractivity contribution in [2.45, 2.75) is 32.7 Å². The average molecular weight is 263 g/mol. The third kappa shape index (κ3) is 5.36. The maximum absolute atomic E-state index is 11.5. The summed E-state index contributed by atoms with van der Waals surface area (Å²) in [6, 6.07) is 0.443. The van der Waals surface area contributed by atoms with Crippen LogP contribution in [0.4, 0.5) is 0 Å². The molecule has 0 saturated carbocycles. The number of ether oxygens (including phenoxy) is 1. The summed E-state index contributed by atoms with van der Waals surface area (Å²) in [6.07, 6.45) is 1.76. The van der Waals surface area contributed by atoms with Gasteiger partial charge in [-0.3, -0.25) is 0 Å². The standard InChI is InChI=1S/C12H25NO3S/c1-10(2)13-8-11(4-6-16-3)12-5-7-17(14,15)9-12/h10-13H,4-9H2,1-3H3. The summed E-state index contributed by atoms with van der Waals surface area (Å²) in [6.45, 7) is 5.82. The quantitative estimate of drug-likeness (QED) is 0.746. The number of rotatable bonds is 7. The highest BCUT2D eigenvalue weighted by molar-refractivity contribution is 7.91. The molecule has 102 valence electrons. The van der Waals surface area contributed by atoms with Gasteiger partial charge in [-0.25, -0.2) is 8.42 Å². The summed E-state index contributed by atoms with van der Waals surface area (Å²) >= 11 is 0. The lowest BCUT2D eigenvalue weighted by Crippen LogP contribution is -2.33. The van der Waals surface area contributed by atoms with E-state index in [1.807, 2.05) is 0 Å². The second-order valence-electron chi connectivity index (χ2n) is 5.27. The molecule has 1 fully saturated rings. The molecule has 0 aromatic rings. The predicted octanol–water partition coefficient (Wildman–Crippen LogP) is 1.07. The van der Waals surface area contributed by atoms with Gasteiger partial charge in [0.15, 0.2) is 9.84 Å². The summed E-state index contributed by atoms with van der Waals surface area (Å²) in [7, 11) is -1.08. The van der Waals surface area contributed by atoms with Crippen molar-refractivity contribution in [1.82, 2.24) is 5.32 Å². The molecule has 4 nitrogen and oxygen atoms in total. The smallest absolute Gasteiger partial charge is 0.150 e. The Bertz CT molecular complexity index is 314. The molecule has 1 saturated heterocycles. The van der Waals surface area contributed by atoms with Crippen LogP contribution in [0.25, 0.3) is 0 Å². The zero-order chi connectivity index (χ0) is 12.9. The first-order valence-electron chi connectivity index (χ1n) is 6.37. The van der Waals surface area contributed by atoms with E-state index in [2.05, 4.69) is 19.2 Å². The number of nitrogens with one attached hydrogen (secondary N) is 1. The van der Waals surface area contributed by atoms with Crippen molar-refractivity contribution in [3.8, 4) is 0 Å². The van der Waals surface area contributed by atoms with Crippen molar-refractivity contribution in [2.24, 2.45) is 11.8 Å². The first kappa shape index (κ1) is 14.9. The van der Waals surface area contributed by atoms with E-state index in [9.17, 15) is 8.42 Å². The highest BCUT2D eigenvalue weighted by Crippen LogP contribution is 2.28. The minimum atomic E-state index is -2.77. The molecular formula is C12H25NO3S. The van der Waals surface area contributed by atoms with Crippen LogP contribution >= 0.6 is 0 Å². The average Bonchev–Trinajstić information content (AvgIpc) is 2.58. The van der Waals surface area contributed by atoms with Crippen LogP contribution in [0.15, 0.2) is 0 Å². The van der Waals surface area contributed by atoms with Gasteiger partial charge < -0.3 is 10.1 Å². The fourth-order valence-electron chi connectivity index (χ4n) is 2.36. The molecule has 0 aromatic carbocycles. The maximum atomic E-state index is 11.5. The van der Waals surface area contributed by atoms with Gasteiger partial charge in [-0.05, 0) is 31.2 Å². The SMILES string of the molecule is COCCC(CNC(C)C)C1CCS(=O)(=O)C1. The second-order valence-corrected chi connectivity index (χ2v) is 7.50. The van der Waals surface area contributed by atoms with E-state index in [-0.39, 0.29) is 0 Å². The van der Waals surface area contributed by atoms with Crippen LogP contribution in [0, 0.1) is 11.8 Å². The highest BCUT2D eigenvalue weighted by atomic mass is 32.2. The normalized spacial score (nSPS) is 25.3. The van der Waals surface area contributed by atoms with Gasteiger partial charge in [-0.15, -0.1) is 0 Å². The molecule has 1 heterocycles. The van der Waals surface area contributed by atoms with Crippen molar-refractivity contribution in [3.63, 3.8) is 0 Å². The van der Waals surface area contributed by atoms with Crippen LogP contribution in [-0.2, 0) is 14.6 Å².